The summed E-state index contributed by atoms with van der Waals surface area (Å²) in [5.41, 5.74) is 14.6. The fourth-order valence-electron chi connectivity index (χ4n) is 3.25. The molecule has 0 aromatic heterocycles. The molecule has 0 saturated carbocycles. The Morgan fingerprint density at radius 2 is 1.06 bits per heavy atom. The van der Waals surface area contributed by atoms with Crippen LogP contribution < -0.4 is 22.1 Å². The molecule has 0 saturated heterocycles. The summed E-state index contributed by atoms with van der Waals surface area (Å²) in [6.45, 7) is 1.04. The Morgan fingerprint density at radius 1 is 0.694 bits per heavy atom. The number of nitrogens with two attached hydrogens (primary N) is 2. The van der Waals surface area contributed by atoms with Crippen molar-refractivity contribution in [2.75, 3.05) is 0 Å². The number of rotatable bonds is 12. The first-order valence-corrected chi connectivity index (χ1v) is 11.5. The third-order valence-electron chi connectivity index (χ3n) is 5.40. The van der Waals surface area contributed by atoms with Gasteiger partial charge >= 0.3 is 0 Å². The topological polar surface area (TPSA) is 191 Å². The number of aliphatic hydroxyl groups excluding tert-OH is 4. The summed E-state index contributed by atoms with van der Waals surface area (Å²) in [5, 5.41) is 45.2. The van der Waals surface area contributed by atoms with E-state index in [-0.39, 0.29) is 25.9 Å². The molecule has 36 heavy (non-hydrogen) atoms. The lowest BCUT2D eigenvalue weighted by molar-refractivity contribution is -0.135. The van der Waals surface area contributed by atoms with E-state index in [0.717, 1.165) is 22.3 Å². The van der Waals surface area contributed by atoms with Crippen LogP contribution in [-0.2, 0) is 35.8 Å². The van der Waals surface area contributed by atoms with Gasteiger partial charge in [0, 0.05) is 39.0 Å². The van der Waals surface area contributed by atoms with Crippen LogP contribution in [0.1, 0.15) is 35.1 Å². The Bertz CT molecular complexity index is 986. The van der Waals surface area contributed by atoms with Crippen molar-refractivity contribution in [2.24, 2.45) is 11.5 Å². The lowest BCUT2D eigenvalue weighted by atomic mass is 10.1. The molecule has 0 spiro atoms. The minimum Gasteiger partial charge on any atom is -0.389 e. The van der Waals surface area contributed by atoms with Gasteiger partial charge in [0.2, 0.25) is 0 Å². The fourth-order valence-corrected chi connectivity index (χ4v) is 3.25. The molecule has 2 rings (SSSR count). The van der Waals surface area contributed by atoms with Gasteiger partial charge < -0.3 is 42.5 Å². The number of nitrogens with one attached hydrogen (secondary N) is 2. The van der Waals surface area contributed by atoms with Crippen LogP contribution >= 0.6 is 0 Å². The third-order valence-corrected chi connectivity index (χ3v) is 5.40. The van der Waals surface area contributed by atoms with Crippen molar-refractivity contribution in [1.29, 1.82) is 0 Å². The Hall–Kier alpha value is -3.30. The first kappa shape index (κ1) is 28.9. The van der Waals surface area contributed by atoms with Gasteiger partial charge in [0.25, 0.3) is 11.8 Å². The Morgan fingerprint density at radius 3 is 1.42 bits per heavy atom. The van der Waals surface area contributed by atoms with Crippen molar-refractivity contribution in [3.8, 4) is 11.8 Å². The molecule has 4 unspecified atom stereocenters. The van der Waals surface area contributed by atoms with Crippen LogP contribution in [0.5, 0.6) is 0 Å². The van der Waals surface area contributed by atoms with Crippen LogP contribution in [0.25, 0.3) is 0 Å². The summed E-state index contributed by atoms with van der Waals surface area (Å²) in [5.74, 6) is 3.56. The fraction of sp³-hybridized carbons (Fsp3) is 0.385. The summed E-state index contributed by atoms with van der Waals surface area (Å²) in [6.07, 6.45) is -6.80. The van der Waals surface area contributed by atoms with Crippen LogP contribution in [0.3, 0.4) is 0 Å². The number of benzene rings is 2. The van der Waals surface area contributed by atoms with Crippen LogP contribution in [0, 0.1) is 11.8 Å². The van der Waals surface area contributed by atoms with Gasteiger partial charge in [0.05, 0.1) is 12.2 Å². The Labute approximate surface area is 210 Å². The molecule has 0 aliphatic heterocycles. The van der Waals surface area contributed by atoms with Gasteiger partial charge in [-0.15, -0.1) is 11.8 Å². The lowest BCUT2D eigenvalue weighted by Crippen LogP contribution is -2.42. The van der Waals surface area contributed by atoms with Crippen molar-refractivity contribution in [3.63, 3.8) is 0 Å². The molecule has 2 amide bonds. The van der Waals surface area contributed by atoms with Crippen molar-refractivity contribution in [2.45, 2.75) is 63.4 Å². The zero-order valence-corrected chi connectivity index (χ0v) is 19.9. The maximum absolute atomic E-state index is 12.1. The van der Waals surface area contributed by atoms with Crippen molar-refractivity contribution in [3.05, 3.63) is 70.8 Å². The molecule has 4 atom stereocenters. The predicted octanol–water partition coefficient (Wildman–Crippen LogP) is -1.24. The average molecular weight is 499 g/mol. The SMILES string of the molecule is NCc1cccc(CNC(=O)C(O)C(O)CC#CCC(O)C(O)C(=O)NCc2cccc(CN)c2)c1. The zero-order chi connectivity index (χ0) is 26.5. The van der Waals surface area contributed by atoms with E-state index in [2.05, 4.69) is 22.5 Å². The molecule has 0 aliphatic rings. The number of carbonyl (C=O) groups excluding carboxylic acids is 2. The molecule has 0 aliphatic carbocycles. The Balaban J connectivity index is 1.73. The molecular weight excluding hydrogens is 464 g/mol. The van der Waals surface area contributed by atoms with Crippen LogP contribution in [0.15, 0.2) is 48.5 Å². The zero-order valence-electron chi connectivity index (χ0n) is 19.9. The third kappa shape index (κ3) is 9.39. The van der Waals surface area contributed by atoms with E-state index in [1.165, 1.54) is 0 Å². The highest BCUT2D eigenvalue weighted by molar-refractivity contribution is 5.81. The van der Waals surface area contributed by atoms with E-state index < -0.39 is 36.2 Å². The van der Waals surface area contributed by atoms with Gasteiger partial charge in [0.15, 0.2) is 12.2 Å². The maximum Gasteiger partial charge on any atom is 0.251 e. The molecule has 194 valence electrons. The van der Waals surface area contributed by atoms with Crippen molar-refractivity contribution >= 4 is 11.8 Å². The van der Waals surface area contributed by atoms with E-state index >= 15 is 0 Å². The second-order valence-electron chi connectivity index (χ2n) is 8.27. The molecule has 2 aromatic carbocycles. The standard InChI is InChI=1S/C26H34N4O6/c27-13-17-5-3-7-19(11-17)15-29-25(35)23(33)21(31)9-1-2-10-22(32)24(34)26(36)30-16-20-8-4-6-18(12-20)14-28/h3-8,11-12,21-24,31-34H,9-10,13-16,27-28H2,(H,29,35)(H,30,36). The Kier molecular flexibility index (Phi) is 12.0. The van der Waals surface area contributed by atoms with Crippen molar-refractivity contribution < 1.29 is 30.0 Å². The highest BCUT2D eigenvalue weighted by atomic mass is 16.3. The maximum atomic E-state index is 12.1. The normalized spacial score (nSPS) is 14.1. The quantitative estimate of drug-likeness (QED) is 0.167. The minimum absolute atomic E-state index is 0.159. The molecule has 10 nitrogen and oxygen atoms in total. The van der Waals surface area contributed by atoms with Crippen molar-refractivity contribution in [1.82, 2.24) is 10.6 Å². The number of amides is 2. The van der Waals surface area contributed by atoms with E-state index in [9.17, 15) is 30.0 Å². The summed E-state index contributed by atoms with van der Waals surface area (Å²) < 4.78 is 0. The van der Waals surface area contributed by atoms with E-state index in [4.69, 9.17) is 11.5 Å². The summed E-state index contributed by atoms with van der Waals surface area (Å²) >= 11 is 0. The predicted molar refractivity (Wildman–Crippen MR) is 133 cm³/mol. The van der Waals surface area contributed by atoms with Gasteiger partial charge in [-0.3, -0.25) is 9.59 Å². The lowest BCUT2D eigenvalue weighted by Gasteiger charge is -2.16. The van der Waals surface area contributed by atoms with Gasteiger partial charge in [-0.05, 0) is 22.3 Å². The van der Waals surface area contributed by atoms with Gasteiger partial charge in [-0.25, -0.2) is 0 Å². The largest absolute Gasteiger partial charge is 0.389 e. The summed E-state index contributed by atoms with van der Waals surface area (Å²) in [6, 6.07) is 14.6. The molecule has 10 N–H and O–H groups in total. The smallest absolute Gasteiger partial charge is 0.251 e. The second kappa shape index (κ2) is 15.0. The first-order chi connectivity index (χ1) is 17.2. The number of hydrogen-bond acceptors (Lipinski definition) is 8. The molecule has 2 aromatic rings. The van der Waals surface area contributed by atoms with E-state index in [1.54, 1.807) is 24.3 Å². The number of hydrogen-bond donors (Lipinski definition) is 8. The second-order valence-corrected chi connectivity index (χ2v) is 8.27. The van der Waals surface area contributed by atoms with Crippen LogP contribution in [0.2, 0.25) is 0 Å². The minimum atomic E-state index is -1.70. The summed E-state index contributed by atoms with van der Waals surface area (Å²) in [7, 11) is 0. The molecule has 0 heterocycles. The molecule has 0 bridgehead atoms. The summed E-state index contributed by atoms with van der Waals surface area (Å²) in [4.78, 5) is 24.2. The van der Waals surface area contributed by atoms with E-state index in [0.29, 0.717) is 13.1 Å². The van der Waals surface area contributed by atoms with Crippen LogP contribution in [-0.4, -0.2) is 56.7 Å². The van der Waals surface area contributed by atoms with Gasteiger partial charge in [-0.2, -0.15) is 0 Å². The molecule has 0 fully saturated rings. The first-order valence-electron chi connectivity index (χ1n) is 11.5. The molecule has 10 heteroatoms. The van der Waals surface area contributed by atoms with Crippen LogP contribution in [0.4, 0.5) is 0 Å². The average Bonchev–Trinajstić information content (AvgIpc) is 2.91. The molecular formula is C26H34N4O6. The van der Waals surface area contributed by atoms with Gasteiger partial charge in [-0.1, -0.05) is 48.5 Å². The number of carbonyl (C=O) groups is 2. The highest BCUT2D eigenvalue weighted by Gasteiger charge is 2.24. The number of aliphatic hydroxyl groups is 4. The molecule has 0 radical (unpaired) electrons. The van der Waals surface area contributed by atoms with Gasteiger partial charge in [0.1, 0.15) is 0 Å². The highest BCUT2D eigenvalue weighted by Crippen LogP contribution is 2.07. The van der Waals surface area contributed by atoms with E-state index in [1.807, 2.05) is 24.3 Å². The monoisotopic (exact) mass is 498 g/mol.